The lowest BCUT2D eigenvalue weighted by atomic mass is 10.1. The molecule has 10 heteroatoms. The zero-order valence-corrected chi connectivity index (χ0v) is 14.5. The predicted molar refractivity (Wildman–Crippen MR) is 89.0 cm³/mol. The van der Waals surface area contributed by atoms with Gasteiger partial charge in [0.25, 0.3) is 11.8 Å². The van der Waals surface area contributed by atoms with E-state index in [0.29, 0.717) is 6.20 Å². The van der Waals surface area contributed by atoms with Crippen LogP contribution in [0.25, 0.3) is 0 Å². The summed E-state index contributed by atoms with van der Waals surface area (Å²) in [5.74, 6) is -1.18. The van der Waals surface area contributed by atoms with Gasteiger partial charge in [-0.3, -0.25) is 14.6 Å². The molecule has 0 fully saturated rings. The number of ether oxygens (including phenoxy) is 1. The third kappa shape index (κ3) is 5.66. The molecule has 7 nitrogen and oxygen atoms in total. The number of alkyl halides is 3. The number of rotatable bonds is 6. The molecule has 0 saturated heterocycles. The second-order valence-electron chi connectivity index (χ2n) is 6.31. The number of aromatic nitrogens is 2. The fourth-order valence-corrected chi connectivity index (χ4v) is 1.98. The minimum atomic E-state index is -4.48. The van der Waals surface area contributed by atoms with E-state index >= 15 is 0 Å². The number of pyridine rings is 2. The Balaban J connectivity index is 1.95. The van der Waals surface area contributed by atoms with E-state index in [0.717, 1.165) is 12.1 Å². The highest BCUT2D eigenvalue weighted by Crippen LogP contribution is 2.29. The number of hydrogen-bond donors (Lipinski definition) is 2. The third-order valence-corrected chi connectivity index (χ3v) is 3.37. The molecule has 0 aliphatic heterocycles. The molecule has 2 aromatic heterocycles. The van der Waals surface area contributed by atoms with Gasteiger partial charge in [0.05, 0.1) is 16.7 Å². The van der Waals surface area contributed by atoms with Crippen LogP contribution in [0.5, 0.6) is 5.88 Å². The maximum absolute atomic E-state index is 12.5. The number of nitrogens with two attached hydrogens (primary N) is 1. The fourth-order valence-electron chi connectivity index (χ4n) is 1.98. The molecule has 2 amide bonds. The molecule has 2 aromatic rings. The second-order valence-corrected chi connectivity index (χ2v) is 6.31. The molecule has 2 rings (SSSR count). The van der Waals surface area contributed by atoms with Gasteiger partial charge in [-0.1, -0.05) is 0 Å². The number of hydrogen-bond acceptors (Lipinski definition) is 5. The lowest BCUT2D eigenvalue weighted by molar-refractivity contribution is -0.137. The standard InChI is InChI=1S/C17H17F3N4O3/c1-16(2,9-27-13-6-4-11(8-23-13)17(18,19)20)24-15(26)10-3-5-12(14(21)25)22-7-10/h3-8H,9H2,1-2H3,(H2,21,25)(H,24,26). The highest BCUT2D eigenvalue weighted by molar-refractivity contribution is 5.96. The van der Waals surface area contributed by atoms with E-state index < -0.39 is 29.1 Å². The number of carbonyl (C=O) groups excluding carboxylic acids is 2. The Bertz CT molecular complexity index is 819. The van der Waals surface area contributed by atoms with Gasteiger partial charge in [-0.2, -0.15) is 13.2 Å². The van der Waals surface area contributed by atoms with Crippen LogP contribution in [0.4, 0.5) is 13.2 Å². The highest BCUT2D eigenvalue weighted by Gasteiger charge is 2.31. The van der Waals surface area contributed by atoms with E-state index in [1.54, 1.807) is 13.8 Å². The van der Waals surface area contributed by atoms with Crippen LogP contribution in [-0.2, 0) is 6.18 Å². The van der Waals surface area contributed by atoms with E-state index in [-0.39, 0.29) is 23.7 Å². The largest absolute Gasteiger partial charge is 0.475 e. The molecular weight excluding hydrogens is 365 g/mol. The molecule has 3 N–H and O–H groups in total. The van der Waals surface area contributed by atoms with Crippen LogP contribution in [0.15, 0.2) is 36.7 Å². The van der Waals surface area contributed by atoms with Gasteiger partial charge in [0.2, 0.25) is 5.88 Å². The summed E-state index contributed by atoms with van der Waals surface area (Å²) in [5, 5.41) is 2.70. The Labute approximate surface area is 152 Å². The monoisotopic (exact) mass is 382 g/mol. The molecule has 0 bridgehead atoms. The van der Waals surface area contributed by atoms with Gasteiger partial charge in [-0.05, 0) is 32.0 Å². The topological polar surface area (TPSA) is 107 Å². The summed E-state index contributed by atoms with van der Waals surface area (Å²) in [4.78, 5) is 30.6. The van der Waals surface area contributed by atoms with Crippen molar-refractivity contribution in [3.8, 4) is 5.88 Å². The Morgan fingerprint density at radius 2 is 1.81 bits per heavy atom. The van der Waals surface area contributed by atoms with Crippen molar-refractivity contribution in [2.24, 2.45) is 5.73 Å². The summed E-state index contributed by atoms with van der Waals surface area (Å²) in [5.41, 5.74) is 3.58. The Morgan fingerprint density at radius 3 is 2.30 bits per heavy atom. The molecule has 0 aliphatic rings. The van der Waals surface area contributed by atoms with Crippen LogP contribution in [0.3, 0.4) is 0 Å². The van der Waals surface area contributed by atoms with Crippen LogP contribution < -0.4 is 15.8 Å². The smallest absolute Gasteiger partial charge is 0.417 e. The van der Waals surface area contributed by atoms with E-state index in [4.69, 9.17) is 10.5 Å². The van der Waals surface area contributed by atoms with E-state index in [1.165, 1.54) is 18.3 Å². The quantitative estimate of drug-likeness (QED) is 0.796. The van der Waals surface area contributed by atoms with Gasteiger partial charge in [-0.15, -0.1) is 0 Å². The molecule has 0 spiro atoms. The lowest BCUT2D eigenvalue weighted by Gasteiger charge is -2.26. The van der Waals surface area contributed by atoms with E-state index in [9.17, 15) is 22.8 Å². The van der Waals surface area contributed by atoms with Gasteiger partial charge in [0.1, 0.15) is 12.3 Å². The first-order valence-corrected chi connectivity index (χ1v) is 7.72. The second kappa shape index (κ2) is 7.60. The molecule has 2 heterocycles. The summed E-state index contributed by atoms with van der Waals surface area (Å²) < 4.78 is 42.9. The highest BCUT2D eigenvalue weighted by atomic mass is 19.4. The number of primary amides is 1. The molecule has 0 aromatic carbocycles. The van der Waals surface area contributed by atoms with Gasteiger partial charge >= 0.3 is 6.18 Å². The number of amides is 2. The first kappa shape index (κ1) is 20.1. The summed E-state index contributed by atoms with van der Waals surface area (Å²) >= 11 is 0. The number of nitrogens with one attached hydrogen (secondary N) is 1. The van der Waals surface area contributed by atoms with Crippen molar-refractivity contribution in [1.82, 2.24) is 15.3 Å². The maximum Gasteiger partial charge on any atom is 0.417 e. The van der Waals surface area contributed by atoms with Gasteiger partial charge in [0, 0.05) is 18.5 Å². The average molecular weight is 382 g/mol. The van der Waals surface area contributed by atoms with Crippen LogP contribution in [-0.4, -0.2) is 33.9 Å². The minimum absolute atomic E-state index is 0.00204. The third-order valence-electron chi connectivity index (χ3n) is 3.37. The van der Waals surface area contributed by atoms with Gasteiger partial charge in [-0.25, -0.2) is 4.98 Å². The number of halogens is 3. The van der Waals surface area contributed by atoms with Gasteiger partial charge < -0.3 is 15.8 Å². The van der Waals surface area contributed by atoms with Crippen molar-refractivity contribution in [2.75, 3.05) is 6.61 Å². The van der Waals surface area contributed by atoms with Gasteiger partial charge in [0.15, 0.2) is 0 Å². The first-order valence-electron chi connectivity index (χ1n) is 7.72. The summed E-state index contributed by atoms with van der Waals surface area (Å²) in [6.07, 6.45) is -2.59. The maximum atomic E-state index is 12.5. The minimum Gasteiger partial charge on any atom is -0.475 e. The van der Waals surface area contributed by atoms with Crippen molar-refractivity contribution in [1.29, 1.82) is 0 Å². The number of nitrogens with zero attached hydrogens (tertiary/aromatic N) is 2. The molecule has 0 unspecified atom stereocenters. The SMILES string of the molecule is CC(C)(COc1ccc(C(F)(F)F)cn1)NC(=O)c1ccc(C(N)=O)nc1. The molecule has 0 aliphatic carbocycles. The van der Waals surface area contributed by atoms with E-state index in [2.05, 4.69) is 15.3 Å². The zero-order valence-electron chi connectivity index (χ0n) is 14.5. The van der Waals surface area contributed by atoms with E-state index in [1.807, 2.05) is 0 Å². The van der Waals surface area contributed by atoms with Crippen molar-refractivity contribution >= 4 is 11.8 Å². The Kier molecular flexibility index (Phi) is 5.67. The molecule has 0 radical (unpaired) electrons. The Morgan fingerprint density at radius 1 is 1.11 bits per heavy atom. The molecule has 0 saturated carbocycles. The predicted octanol–water partition coefficient (Wildman–Crippen LogP) is 2.18. The summed E-state index contributed by atoms with van der Waals surface area (Å²) in [7, 11) is 0. The van der Waals surface area contributed by atoms with Crippen LogP contribution >= 0.6 is 0 Å². The molecular formula is C17H17F3N4O3. The van der Waals surface area contributed by atoms with Crippen molar-refractivity contribution in [3.05, 3.63) is 53.5 Å². The fraction of sp³-hybridized carbons (Fsp3) is 0.294. The van der Waals surface area contributed by atoms with Crippen LogP contribution in [0, 0.1) is 0 Å². The average Bonchev–Trinajstić information content (AvgIpc) is 2.59. The molecule has 0 atom stereocenters. The summed E-state index contributed by atoms with van der Waals surface area (Å²) in [6, 6.07) is 4.69. The number of carbonyl (C=O) groups is 2. The van der Waals surface area contributed by atoms with Crippen LogP contribution in [0.2, 0.25) is 0 Å². The van der Waals surface area contributed by atoms with Crippen molar-refractivity contribution in [2.45, 2.75) is 25.6 Å². The Hall–Kier alpha value is -3.17. The van der Waals surface area contributed by atoms with Crippen LogP contribution in [0.1, 0.15) is 40.3 Å². The van der Waals surface area contributed by atoms with Crippen molar-refractivity contribution in [3.63, 3.8) is 0 Å². The molecule has 27 heavy (non-hydrogen) atoms. The zero-order chi connectivity index (χ0) is 20.2. The van der Waals surface area contributed by atoms with Crippen molar-refractivity contribution < 1.29 is 27.5 Å². The summed E-state index contributed by atoms with van der Waals surface area (Å²) in [6.45, 7) is 3.30. The normalized spacial score (nSPS) is 11.7. The molecule has 144 valence electrons. The first-order chi connectivity index (χ1) is 12.5. The lowest BCUT2D eigenvalue weighted by Crippen LogP contribution is -2.48.